The molecule has 0 bridgehead atoms. The number of carbonyl (C=O) groups excluding carboxylic acids is 1. The molecule has 0 aromatic heterocycles. The maximum absolute atomic E-state index is 15.0. The zero-order valence-corrected chi connectivity index (χ0v) is 20.2. The number of hydrogen-bond donors (Lipinski definition) is 1. The van der Waals surface area contributed by atoms with Crippen LogP contribution in [0.25, 0.3) is 0 Å². The fourth-order valence-electron chi connectivity index (χ4n) is 5.05. The zero-order valence-electron chi connectivity index (χ0n) is 19.4. The Bertz CT molecular complexity index is 1220. The molecule has 2 aromatic carbocycles. The van der Waals surface area contributed by atoms with Gasteiger partial charge in [-0.3, -0.25) is 14.1 Å². The number of piperidine rings is 1. The Labute approximate surface area is 203 Å². The molecule has 0 spiro atoms. The monoisotopic (exact) mass is 506 g/mol. The number of hydrogen-bond acceptors (Lipinski definition) is 4. The van der Waals surface area contributed by atoms with E-state index in [1.54, 1.807) is 12.1 Å². The summed E-state index contributed by atoms with van der Waals surface area (Å²) in [7, 11) is -3.77. The topological polar surface area (TPSA) is 66.5 Å². The summed E-state index contributed by atoms with van der Waals surface area (Å²) in [6, 6.07) is 8.88. The van der Waals surface area contributed by atoms with Gasteiger partial charge < -0.3 is 0 Å². The lowest BCUT2D eigenvalue weighted by Gasteiger charge is -2.40. The van der Waals surface area contributed by atoms with Gasteiger partial charge in [-0.2, -0.15) is 0 Å². The largest absolute Gasteiger partial charge is 0.299 e. The SMILES string of the molecule is O=C(NS(=O)(=O)C1CC1)c1cc(C2CC2)c(CN2CCC(CF)(c3ccc(F)cc3)CC2)cc1F. The Morgan fingerprint density at radius 2 is 1.69 bits per heavy atom. The minimum Gasteiger partial charge on any atom is -0.299 e. The fraction of sp³-hybridized carbons (Fsp3) is 0.500. The first-order valence-corrected chi connectivity index (χ1v) is 13.7. The Balaban J connectivity index is 1.31. The highest BCUT2D eigenvalue weighted by atomic mass is 32.2. The van der Waals surface area contributed by atoms with E-state index in [2.05, 4.69) is 4.90 Å². The number of carbonyl (C=O) groups is 1. The highest BCUT2D eigenvalue weighted by Gasteiger charge is 2.39. The Hall–Kier alpha value is -2.39. The van der Waals surface area contributed by atoms with E-state index < -0.39 is 39.1 Å². The summed E-state index contributed by atoms with van der Waals surface area (Å²) in [6.07, 6.45) is 4.03. The van der Waals surface area contributed by atoms with E-state index in [1.807, 2.05) is 4.72 Å². The van der Waals surface area contributed by atoms with Crippen LogP contribution in [0.3, 0.4) is 0 Å². The van der Waals surface area contributed by atoms with Crippen LogP contribution in [0.4, 0.5) is 13.2 Å². The molecular formula is C26H29F3N2O3S. The molecule has 1 saturated heterocycles. The number of nitrogens with zero attached hydrogens (tertiary/aromatic N) is 1. The molecule has 1 heterocycles. The van der Waals surface area contributed by atoms with Gasteiger partial charge in [0.2, 0.25) is 10.0 Å². The first-order valence-electron chi connectivity index (χ1n) is 12.1. The molecule has 3 aliphatic rings. The molecule has 1 amide bonds. The second kappa shape index (κ2) is 9.24. The number of nitrogens with one attached hydrogen (secondary N) is 1. The van der Waals surface area contributed by atoms with E-state index in [4.69, 9.17) is 0 Å². The van der Waals surface area contributed by atoms with E-state index >= 15 is 0 Å². The lowest BCUT2D eigenvalue weighted by atomic mass is 9.74. The number of benzene rings is 2. The van der Waals surface area contributed by atoms with Crippen LogP contribution in [-0.2, 0) is 22.0 Å². The maximum Gasteiger partial charge on any atom is 0.267 e. The number of rotatable bonds is 8. The molecule has 1 N–H and O–H groups in total. The molecule has 188 valence electrons. The van der Waals surface area contributed by atoms with Crippen molar-refractivity contribution < 1.29 is 26.4 Å². The summed E-state index contributed by atoms with van der Waals surface area (Å²) in [5, 5.41) is -0.567. The van der Waals surface area contributed by atoms with Crippen molar-refractivity contribution in [3.8, 4) is 0 Å². The second-order valence-electron chi connectivity index (χ2n) is 10.2. The minimum absolute atomic E-state index is 0.228. The van der Waals surface area contributed by atoms with Crippen LogP contribution in [-0.4, -0.2) is 44.2 Å². The summed E-state index contributed by atoms with van der Waals surface area (Å²) < 4.78 is 68.8. The van der Waals surface area contributed by atoms with Crippen molar-refractivity contribution in [3.05, 3.63) is 70.3 Å². The van der Waals surface area contributed by atoms with Gasteiger partial charge >= 0.3 is 0 Å². The van der Waals surface area contributed by atoms with Crippen LogP contribution >= 0.6 is 0 Å². The van der Waals surface area contributed by atoms with Crippen LogP contribution in [0.2, 0.25) is 0 Å². The van der Waals surface area contributed by atoms with Crippen molar-refractivity contribution in [2.45, 2.75) is 61.7 Å². The van der Waals surface area contributed by atoms with E-state index in [0.29, 0.717) is 45.3 Å². The molecule has 5 nitrogen and oxygen atoms in total. The number of amides is 1. The van der Waals surface area contributed by atoms with E-state index in [1.165, 1.54) is 24.3 Å². The molecule has 2 saturated carbocycles. The molecular weight excluding hydrogens is 477 g/mol. The molecule has 9 heteroatoms. The molecule has 5 rings (SSSR count). The Morgan fingerprint density at radius 1 is 1.03 bits per heavy atom. The molecule has 0 radical (unpaired) electrons. The van der Waals surface area contributed by atoms with Crippen molar-refractivity contribution in [3.63, 3.8) is 0 Å². The average molecular weight is 507 g/mol. The van der Waals surface area contributed by atoms with Crippen molar-refractivity contribution in [1.82, 2.24) is 9.62 Å². The molecule has 35 heavy (non-hydrogen) atoms. The summed E-state index contributed by atoms with van der Waals surface area (Å²) in [5.41, 5.74) is 1.56. The molecule has 2 aromatic rings. The average Bonchev–Trinajstić information content (AvgIpc) is 3.73. The van der Waals surface area contributed by atoms with Gasteiger partial charge in [0, 0.05) is 12.0 Å². The zero-order chi connectivity index (χ0) is 24.8. The van der Waals surface area contributed by atoms with Gasteiger partial charge in [0.25, 0.3) is 5.91 Å². The fourth-order valence-corrected chi connectivity index (χ4v) is 6.34. The van der Waals surface area contributed by atoms with Crippen LogP contribution in [0.1, 0.15) is 71.5 Å². The van der Waals surface area contributed by atoms with Gasteiger partial charge in [-0.15, -0.1) is 0 Å². The lowest BCUT2D eigenvalue weighted by molar-refractivity contribution is 0.0977. The third-order valence-electron chi connectivity index (χ3n) is 7.61. The van der Waals surface area contributed by atoms with Gasteiger partial charge in [-0.05, 0) is 98.5 Å². The van der Waals surface area contributed by atoms with Crippen LogP contribution in [0.15, 0.2) is 36.4 Å². The third kappa shape index (κ3) is 5.11. The van der Waals surface area contributed by atoms with Crippen LogP contribution < -0.4 is 4.72 Å². The van der Waals surface area contributed by atoms with Crippen LogP contribution in [0, 0.1) is 11.6 Å². The number of likely N-dealkylation sites (tertiary alicyclic amines) is 1. The van der Waals surface area contributed by atoms with Gasteiger partial charge in [0.05, 0.1) is 17.5 Å². The van der Waals surface area contributed by atoms with Crippen molar-refractivity contribution in [2.24, 2.45) is 0 Å². The van der Waals surface area contributed by atoms with Gasteiger partial charge in [0.1, 0.15) is 11.6 Å². The summed E-state index contributed by atoms with van der Waals surface area (Å²) in [5.74, 6) is -1.79. The first kappa shape index (κ1) is 24.3. The second-order valence-corrected chi connectivity index (χ2v) is 12.1. The van der Waals surface area contributed by atoms with Crippen LogP contribution in [0.5, 0.6) is 0 Å². The normalized spacial score (nSPS) is 20.5. The first-order chi connectivity index (χ1) is 16.7. The van der Waals surface area contributed by atoms with Crippen molar-refractivity contribution in [1.29, 1.82) is 0 Å². The molecule has 0 atom stereocenters. The number of alkyl halides is 1. The minimum atomic E-state index is -3.77. The van der Waals surface area contributed by atoms with Gasteiger partial charge in [0.15, 0.2) is 0 Å². The predicted octanol–water partition coefficient (Wildman–Crippen LogP) is 4.57. The van der Waals surface area contributed by atoms with Gasteiger partial charge in [-0.25, -0.2) is 21.9 Å². The quantitative estimate of drug-likeness (QED) is 0.570. The van der Waals surface area contributed by atoms with Gasteiger partial charge in [-0.1, -0.05) is 12.1 Å². The lowest BCUT2D eigenvalue weighted by Crippen LogP contribution is -2.43. The molecule has 1 aliphatic heterocycles. The summed E-state index contributed by atoms with van der Waals surface area (Å²) in [4.78, 5) is 14.7. The van der Waals surface area contributed by atoms with Crippen molar-refractivity contribution >= 4 is 15.9 Å². The molecule has 0 unspecified atom stereocenters. The van der Waals surface area contributed by atoms with Crippen molar-refractivity contribution in [2.75, 3.05) is 19.8 Å². The third-order valence-corrected chi connectivity index (χ3v) is 9.43. The summed E-state index contributed by atoms with van der Waals surface area (Å²) >= 11 is 0. The standard InChI is InChI=1S/C26H29F3N2O3S/c27-16-26(19-3-5-20(28)6-4-19)9-11-31(12-10-26)15-18-13-24(29)23(14-22(18)17-1-2-17)25(32)30-35(33,34)21-7-8-21/h3-6,13-14,17,21H,1-2,7-12,15-16H2,(H,30,32). The molecule has 2 aliphatic carbocycles. The van der Waals surface area contributed by atoms with E-state index in [9.17, 15) is 26.4 Å². The molecule has 3 fully saturated rings. The number of halogens is 3. The summed E-state index contributed by atoms with van der Waals surface area (Å²) in [6.45, 7) is 1.16. The maximum atomic E-state index is 15.0. The smallest absolute Gasteiger partial charge is 0.267 e. The highest BCUT2D eigenvalue weighted by molar-refractivity contribution is 7.91. The van der Waals surface area contributed by atoms with E-state index in [-0.39, 0.29) is 17.3 Å². The highest BCUT2D eigenvalue weighted by Crippen LogP contribution is 2.43. The predicted molar refractivity (Wildman–Crippen MR) is 126 cm³/mol. The Morgan fingerprint density at radius 3 is 2.26 bits per heavy atom. The Kier molecular flexibility index (Phi) is 6.42. The number of sulfonamides is 1. The van der Waals surface area contributed by atoms with E-state index in [0.717, 1.165) is 29.5 Å².